The first kappa shape index (κ1) is 12.7. The molecule has 2 aliphatic carbocycles. The van der Waals surface area contributed by atoms with E-state index in [1.165, 1.54) is 42.4 Å². The molecule has 0 aromatic heterocycles. The van der Waals surface area contributed by atoms with Gasteiger partial charge in [0.2, 0.25) is 5.91 Å². The first-order chi connectivity index (χ1) is 9.08. The van der Waals surface area contributed by atoms with Crippen LogP contribution < -0.4 is 5.73 Å². The van der Waals surface area contributed by atoms with Gasteiger partial charge in [-0.05, 0) is 55.2 Å². The molecule has 0 saturated heterocycles. The monoisotopic (exact) mass is 258 g/mol. The first-order valence-corrected chi connectivity index (χ1v) is 7.24. The fourth-order valence-electron chi connectivity index (χ4n) is 2.96. The zero-order valence-electron chi connectivity index (χ0n) is 11.6. The van der Waals surface area contributed by atoms with Crippen molar-refractivity contribution in [3.05, 3.63) is 34.9 Å². The van der Waals surface area contributed by atoms with Crippen LogP contribution in [0.25, 0.3) is 0 Å². The molecule has 1 saturated carbocycles. The van der Waals surface area contributed by atoms with Crippen molar-refractivity contribution in [1.82, 2.24) is 4.90 Å². The third-order valence-electron chi connectivity index (χ3n) is 4.39. The van der Waals surface area contributed by atoms with Crippen molar-refractivity contribution in [2.24, 2.45) is 5.73 Å². The highest BCUT2D eigenvalue weighted by Crippen LogP contribution is 2.34. The summed E-state index contributed by atoms with van der Waals surface area (Å²) in [7, 11) is 1.86. The zero-order valence-corrected chi connectivity index (χ0v) is 11.6. The smallest absolute Gasteiger partial charge is 0.242 e. The number of rotatable bonds is 3. The van der Waals surface area contributed by atoms with Gasteiger partial charge in [0.05, 0.1) is 5.54 Å². The van der Waals surface area contributed by atoms with Crippen molar-refractivity contribution in [2.75, 3.05) is 7.05 Å². The highest BCUT2D eigenvalue weighted by molar-refractivity contribution is 5.88. The minimum atomic E-state index is -0.553. The molecule has 1 aromatic carbocycles. The minimum Gasteiger partial charge on any atom is -0.340 e. The highest BCUT2D eigenvalue weighted by Gasteiger charge is 2.47. The fraction of sp³-hybridized carbons (Fsp3) is 0.562. The number of carbonyl (C=O) groups excluding carboxylic acids is 1. The molecule has 0 aliphatic heterocycles. The molecule has 3 nitrogen and oxygen atoms in total. The van der Waals surface area contributed by atoms with Crippen LogP contribution in [-0.2, 0) is 24.2 Å². The Morgan fingerprint density at radius 2 is 1.95 bits per heavy atom. The summed E-state index contributed by atoms with van der Waals surface area (Å²) in [6, 6.07) is 6.66. The van der Waals surface area contributed by atoms with Crippen LogP contribution in [0.5, 0.6) is 0 Å². The highest BCUT2D eigenvalue weighted by atomic mass is 16.2. The van der Waals surface area contributed by atoms with E-state index in [9.17, 15) is 4.79 Å². The quantitative estimate of drug-likeness (QED) is 0.901. The van der Waals surface area contributed by atoms with Gasteiger partial charge in [-0.25, -0.2) is 0 Å². The lowest BCUT2D eigenvalue weighted by atomic mass is 9.90. The molecule has 1 amide bonds. The maximum absolute atomic E-state index is 12.1. The summed E-state index contributed by atoms with van der Waals surface area (Å²) < 4.78 is 0. The van der Waals surface area contributed by atoms with Gasteiger partial charge >= 0.3 is 0 Å². The number of amides is 1. The van der Waals surface area contributed by atoms with Crippen molar-refractivity contribution in [1.29, 1.82) is 0 Å². The molecule has 102 valence electrons. The van der Waals surface area contributed by atoms with Gasteiger partial charge in [-0.1, -0.05) is 18.2 Å². The van der Waals surface area contributed by atoms with E-state index >= 15 is 0 Å². The maximum Gasteiger partial charge on any atom is 0.242 e. The molecule has 0 spiro atoms. The fourth-order valence-corrected chi connectivity index (χ4v) is 2.96. The van der Waals surface area contributed by atoms with Crippen LogP contribution in [-0.4, -0.2) is 23.4 Å². The average Bonchev–Trinajstić information content (AvgIpc) is 3.17. The van der Waals surface area contributed by atoms with Crippen molar-refractivity contribution < 1.29 is 4.79 Å². The second kappa shape index (κ2) is 4.64. The van der Waals surface area contributed by atoms with Crippen LogP contribution in [0.4, 0.5) is 0 Å². The number of likely N-dealkylation sites (N-methyl/N-ethyl adjacent to an activating group) is 1. The largest absolute Gasteiger partial charge is 0.340 e. The molecule has 0 radical (unpaired) electrons. The van der Waals surface area contributed by atoms with E-state index in [2.05, 4.69) is 18.2 Å². The lowest BCUT2D eigenvalue weighted by Gasteiger charge is -2.22. The van der Waals surface area contributed by atoms with Crippen molar-refractivity contribution >= 4 is 5.91 Å². The van der Waals surface area contributed by atoms with Crippen LogP contribution >= 0.6 is 0 Å². The summed E-state index contributed by atoms with van der Waals surface area (Å²) in [5.74, 6) is 0.0882. The summed E-state index contributed by atoms with van der Waals surface area (Å²) in [6.45, 7) is 0.672. The van der Waals surface area contributed by atoms with Crippen molar-refractivity contribution in [3.63, 3.8) is 0 Å². The molecule has 2 N–H and O–H groups in total. The zero-order chi connectivity index (χ0) is 13.5. The van der Waals surface area contributed by atoms with E-state index in [1.807, 2.05) is 7.05 Å². The number of fused-ring (bicyclic) bond motifs is 1. The summed E-state index contributed by atoms with van der Waals surface area (Å²) >= 11 is 0. The Morgan fingerprint density at radius 1 is 1.26 bits per heavy atom. The molecule has 0 unspecified atom stereocenters. The standard InChI is InChI=1S/C16H22N2O/c1-18(15(19)16(17)8-9-16)11-12-6-7-13-4-2-3-5-14(13)10-12/h6-7,10H,2-5,8-9,11,17H2,1H3. The van der Waals surface area contributed by atoms with Gasteiger partial charge in [-0.15, -0.1) is 0 Å². The minimum absolute atomic E-state index is 0.0882. The third-order valence-corrected chi connectivity index (χ3v) is 4.39. The molecule has 3 rings (SSSR count). The predicted molar refractivity (Wildman–Crippen MR) is 75.7 cm³/mol. The second-order valence-corrected chi connectivity index (χ2v) is 6.13. The van der Waals surface area contributed by atoms with E-state index in [4.69, 9.17) is 5.73 Å². The number of hydrogen-bond acceptors (Lipinski definition) is 2. The molecule has 0 heterocycles. The normalized spacial score (nSPS) is 19.7. The summed E-state index contributed by atoms with van der Waals surface area (Å²) in [5, 5.41) is 0. The third kappa shape index (κ3) is 2.52. The molecular weight excluding hydrogens is 236 g/mol. The Labute approximate surface area is 114 Å². The van der Waals surface area contributed by atoms with Crippen molar-refractivity contribution in [2.45, 2.75) is 50.6 Å². The Hall–Kier alpha value is -1.35. The Balaban J connectivity index is 1.71. The molecule has 19 heavy (non-hydrogen) atoms. The molecule has 2 aliphatic rings. The number of hydrogen-bond donors (Lipinski definition) is 1. The van der Waals surface area contributed by atoms with Gasteiger partial charge in [0, 0.05) is 13.6 Å². The van der Waals surface area contributed by atoms with E-state index < -0.39 is 5.54 Å². The van der Waals surface area contributed by atoms with Crippen LogP contribution in [0, 0.1) is 0 Å². The second-order valence-electron chi connectivity index (χ2n) is 6.13. The molecule has 3 heteroatoms. The van der Waals surface area contributed by atoms with Gasteiger partial charge in [-0.2, -0.15) is 0 Å². The summed E-state index contributed by atoms with van der Waals surface area (Å²) in [5.41, 5.74) is 9.59. The number of carbonyl (C=O) groups is 1. The average molecular weight is 258 g/mol. The predicted octanol–water partition coefficient (Wildman–Crippen LogP) is 2.02. The van der Waals surface area contributed by atoms with Crippen molar-refractivity contribution in [3.8, 4) is 0 Å². The van der Waals surface area contributed by atoms with Crippen LogP contribution in [0.3, 0.4) is 0 Å². The van der Waals surface area contributed by atoms with Crippen LogP contribution in [0.15, 0.2) is 18.2 Å². The lowest BCUT2D eigenvalue weighted by molar-refractivity contribution is -0.132. The maximum atomic E-state index is 12.1. The van der Waals surface area contributed by atoms with E-state index in [-0.39, 0.29) is 5.91 Å². The van der Waals surface area contributed by atoms with Gasteiger partial charge in [0.1, 0.15) is 0 Å². The van der Waals surface area contributed by atoms with Crippen LogP contribution in [0.2, 0.25) is 0 Å². The lowest BCUT2D eigenvalue weighted by Crippen LogP contribution is -2.43. The van der Waals surface area contributed by atoms with Gasteiger partial charge in [0.25, 0.3) is 0 Å². The van der Waals surface area contributed by atoms with E-state index in [0.29, 0.717) is 6.54 Å². The van der Waals surface area contributed by atoms with Gasteiger partial charge < -0.3 is 10.6 Å². The summed E-state index contributed by atoms with van der Waals surface area (Å²) in [4.78, 5) is 13.9. The summed E-state index contributed by atoms with van der Waals surface area (Å²) in [6.07, 6.45) is 6.65. The van der Waals surface area contributed by atoms with E-state index in [0.717, 1.165) is 12.8 Å². The first-order valence-electron chi connectivity index (χ1n) is 7.24. The molecule has 1 aromatic rings. The Morgan fingerprint density at radius 3 is 2.63 bits per heavy atom. The number of nitrogens with zero attached hydrogens (tertiary/aromatic N) is 1. The molecule has 1 fully saturated rings. The molecule has 0 bridgehead atoms. The number of benzene rings is 1. The molecular formula is C16H22N2O. The van der Waals surface area contributed by atoms with E-state index in [1.54, 1.807) is 4.90 Å². The Bertz CT molecular complexity index is 505. The van der Waals surface area contributed by atoms with Gasteiger partial charge in [0.15, 0.2) is 0 Å². The topological polar surface area (TPSA) is 46.3 Å². The Kier molecular flexibility index (Phi) is 3.09. The van der Waals surface area contributed by atoms with Crippen LogP contribution in [0.1, 0.15) is 42.4 Å². The SMILES string of the molecule is CN(Cc1ccc2c(c1)CCCC2)C(=O)C1(N)CC1. The number of aryl methyl sites for hydroxylation is 2. The number of nitrogens with two attached hydrogens (primary N) is 1. The molecule has 0 atom stereocenters. The van der Waals surface area contributed by atoms with Gasteiger partial charge in [-0.3, -0.25) is 4.79 Å².